The second-order valence-electron chi connectivity index (χ2n) is 4.09. The van der Waals surface area contributed by atoms with Gasteiger partial charge in [-0.25, -0.2) is 4.98 Å². The largest absolute Gasteiger partial charge is 0.264 e. The van der Waals surface area contributed by atoms with Crippen molar-refractivity contribution >= 4 is 44.8 Å². The lowest BCUT2D eigenvalue weighted by Gasteiger charge is -1.93. The number of fused-ring (bicyclic) bond motifs is 1. The van der Waals surface area contributed by atoms with Crippen molar-refractivity contribution in [3.05, 3.63) is 58.3 Å². The van der Waals surface area contributed by atoms with E-state index in [0.29, 0.717) is 15.6 Å². The SMILES string of the molecule is N#CC(=Cc1cccnc1)c1nc2cc(Cl)ccc2s1. The lowest BCUT2D eigenvalue weighted by Crippen LogP contribution is -1.81. The lowest BCUT2D eigenvalue weighted by molar-refractivity contribution is 1.32. The predicted octanol–water partition coefficient (Wildman–Crippen LogP) is 4.41. The zero-order chi connectivity index (χ0) is 13.9. The van der Waals surface area contributed by atoms with Gasteiger partial charge in [0, 0.05) is 17.4 Å². The van der Waals surface area contributed by atoms with E-state index in [4.69, 9.17) is 11.6 Å². The number of thiazole rings is 1. The monoisotopic (exact) mass is 297 g/mol. The Kier molecular flexibility index (Phi) is 3.46. The highest BCUT2D eigenvalue weighted by Gasteiger charge is 2.09. The van der Waals surface area contributed by atoms with Gasteiger partial charge in [0.05, 0.1) is 15.8 Å². The summed E-state index contributed by atoms with van der Waals surface area (Å²) in [5.74, 6) is 0. The van der Waals surface area contributed by atoms with Crippen LogP contribution in [0, 0.1) is 11.3 Å². The first-order chi connectivity index (χ1) is 9.76. The van der Waals surface area contributed by atoms with Gasteiger partial charge < -0.3 is 0 Å². The first kappa shape index (κ1) is 12.8. The number of allylic oxidation sites excluding steroid dienone is 1. The highest BCUT2D eigenvalue weighted by molar-refractivity contribution is 7.19. The molecule has 0 N–H and O–H groups in total. The molecule has 1 aromatic carbocycles. The first-order valence-corrected chi connectivity index (χ1v) is 7.04. The Hall–Kier alpha value is -2.22. The molecule has 0 radical (unpaired) electrons. The van der Waals surface area contributed by atoms with Crippen LogP contribution in [0.5, 0.6) is 0 Å². The van der Waals surface area contributed by atoms with Crippen LogP contribution in [0.4, 0.5) is 0 Å². The van der Waals surface area contributed by atoms with Crippen LogP contribution in [0.1, 0.15) is 10.6 Å². The molecule has 0 aliphatic heterocycles. The van der Waals surface area contributed by atoms with Gasteiger partial charge in [0.15, 0.2) is 0 Å². The van der Waals surface area contributed by atoms with E-state index in [-0.39, 0.29) is 0 Å². The van der Waals surface area contributed by atoms with Crippen molar-refractivity contribution in [2.24, 2.45) is 0 Å². The number of rotatable bonds is 2. The van der Waals surface area contributed by atoms with Gasteiger partial charge in [0.1, 0.15) is 11.1 Å². The second-order valence-corrected chi connectivity index (χ2v) is 5.55. The zero-order valence-corrected chi connectivity index (χ0v) is 11.8. The van der Waals surface area contributed by atoms with Gasteiger partial charge in [-0.05, 0) is 35.9 Å². The fraction of sp³-hybridized carbons (Fsp3) is 0. The van der Waals surface area contributed by atoms with E-state index in [1.54, 1.807) is 24.5 Å². The van der Waals surface area contributed by atoms with Crippen LogP contribution in [0.3, 0.4) is 0 Å². The highest BCUT2D eigenvalue weighted by Crippen LogP contribution is 2.29. The van der Waals surface area contributed by atoms with Crippen LogP contribution in [-0.2, 0) is 0 Å². The Morgan fingerprint density at radius 3 is 3.00 bits per heavy atom. The number of nitrogens with zero attached hydrogens (tertiary/aromatic N) is 3. The van der Waals surface area contributed by atoms with Crippen molar-refractivity contribution in [2.45, 2.75) is 0 Å². The smallest absolute Gasteiger partial charge is 0.135 e. The molecule has 3 rings (SSSR count). The summed E-state index contributed by atoms with van der Waals surface area (Å²) in [5, 5.41) is 10.7. The minimum Gasteiger partial charge on any atom is -0.264 e. The van der Waals surface area contributed by atoms with E-state index in [1.807, 2.05) is 24.3 Å². The predicted molar refractivity (Wildman–Crippen MR) is 82.4 cm³/mol. The van der Waals surface area contributed by atoms with Crippen molar-refractivity contribution in [2.75, 3.05) is 0 Å². The van der Waals surface area contributed by atoms with Crippen LogP contribution in [0.15, 0.2) is 42.7 Å². The summed E-state index contributed by atoms with van der Waals surface area (Å²) < 4.78 is 1.01. The fourth-order valence-corrected chi connectivity index (χ4v) is 2.86. The average molecular weight is 298 g/mol. The van der Waals surface area contributed by atoms with Crippen LogP contribution >= 0.6 is 22.9 Å². The van der Waals surface area contributed by atoms with Gasteiger partial charge in [-0.3, -0.25) is 4.98 Å². The summed E-state index contributed by atoms with van der Waals surface area (Å²) in [4.78, 5) is 8.50. The van der Waals surface area contributed by atoms with Gasteiger partial charge in [-0.1, -0.05) is 17.7 Å². The Balaban J connectivity index is 2.08. The maximum absolute atomic E-state index is 9.32. The van der Waals surface area contributed by atoms with Gasteiger partial charge >= 0.3 is 0 Å². The van der Waals surface area contributed by atoms with Crippen molar-refractivity contribution in [1.29, 1.82) is 5.26 Å². The first-order valence-electron chi connectivity index (χ1n) is 5.84. The number of hydrogen-bond donors (Lipinski definition) is 0. The second kappa shape index (κ2) is 5.41. The molecule has 0 unspecified atom stereocenters. The number of benzene rings is 1. The summed E-state index contributed by atoms with van der Waals surface area (Å²) in [6.45, 7) is 0. The quantitative estimate of drug-likeness (QED) is 0.658. The minimum absolute atomic E-state index is 0.523. The summed E-state index contributed by atoms with van der Waals surface area (Å²) in [7, 11) is 0. The number of aromatic nitrogens is 2. The van der Waals surface area contributed by atoms with Gasteiger partial charge in [0.25, 0.3) is 0 Å². The van der Waals surface area contributed by atoms with Crippen LogP contribution < -0.4 is 0 Å². The minimum atomic E-state index is 0.523. The topological polar surface area (TPSA) is 49.6 Å². The van der Waals surface area contributed by atoms with Crippen LogP contribution in [-0.4, -0.2) is 9.97 Å². The molecular formula is C15H8ClN3S. The molecule has 0 saturated carbocycles. The number of halogens is 1. The van der Waals surface area contributed by atoms with Crippen LogP contribution in [0.25, 0.3) is 21.9 Å². The summed E-state index contributed by atoms with van der Waals surface area (Å²) in [6, 6.07) is 11.5. The molecule has 2 heterocycles. The molecule has 0 aliphatic carbocycles. The van der Waals surface area contributed by atoms with Crippen molar-refractivity contribution < 1.29 is 0 Å². The number of hydrogen-bond acceptors (Lipinski definition) is 4. The van der Waals surface area contributed by atoms with E-state index in [0.717, 1.165) is 15.8 Å². The number of nitriles is 1. The van der Waals surface area contributed by atoms with E-state index in [9.17, 15) is 5.26 Å². The van der Waals surface area contributed by atoms with Gasteiger partial charge in [0.2, 0.25) is 0 Å². The molecular weight excluding hydrogens is 290 g/mol. The molecule has 3 nitrogen and oxygen atoms in total. The van der Waals surface area contributed by atoms with Crippen molar-refractivity contribution in [3.63, 3.8) is 0 Å². The zero-order valence-electron chi connectivity index (χ0n) is 10.2. The lowest BCUT2D eigenvalue weighted by atomic mass is 10.2. The Bertz CT molecular complexity index is 831. The molecule has 96 valence electrons. The third-order valence-electron chi connectivity index (χ3n) is 2.70. The van der Waals surface area contributed by atoms with Crippen molar-refractivity contribution in [3.8, 4) is 6.07 Å². The highest BCUT2D eigenvalue weighted by atomic mass is 35.5. The standard InChI is InChI=1S/C15H8ClN3S/c16-12-3-4-14-13(7-12)19-15(20-14)11(8-17)6-10-2-1-5-18-9-10/h1-7,9H. The number of pyridine rings is 1. The van der Waals surface area contributed by atoms with Gasteiger partial charge in [-0.2, -0.15) is 5.26 Å². The van der Waals surface area contributed by atoms with Crippen LogP contribution in [0.2, 0.25) is 5.02 Å². The van der Waals surface area contributed by atoms with E-state index in [1.165, 1.54) is 11.3 Å². The molecule has 3 aromatic rings. The normalized spacial score (nSPS) is 11.5. The third-order valence-corrected chi connectivity index (χ3v) is 4.00. The van der Waals surface area contributed by atoms with Gasteiger partial charge in [-0.15, -0.1) is 11.3 Å². The van der Waals surface area contributed by atoms with Crippen molar-refractivity contribution in [1.82, 2.24) is 9.97 Å². The Morgan fingerprint density at radius 2 is 2.25 bits per heavy atom. The molecule has 0 atom stereocenters. The molecule has 0 aliphatic rings. The summed E-state index contributed by atoms with van der Waals surface area (Å²) in [6.07, 6.45) is 5.19. The van der Waals surface area contributed by atoms with E-state index in [2.05, 4.69) is 16.0 Å². The summed E-state index contributed by atoms with van der Waals surface area (Å²) in [5.41, 5.74) is 2.21. The van der Waals surface area contributed by atoms with E-state index >= 15 is 0 Å². The maximum atomic E-state index is 9.32. The average Bonchev–Trinajstić information content (AvgIpc) is 2.88. The molecule has 0 spiro atoms. The molecule has 0 fully saturated rings. The fourth-order valence-electron chi connectivity index (χ4n) is 1.79. The molecule has 20 heavy (non-hydrogen) atoms. The Morgan fingerprint density at radius 1 is 1.35 bits per heavy atom. The molecule has 5 heteroatoms. The molecule has 2 aromatic heterocycles. The Labute approximate surface area is 124 Å². The third kappa shape index (κ3) is 2.55. The van der Waals surface area contributed by atoms with E-state index < -0.39 is 0 Å². The molecule has 0 saturated heterocycles. The maximum Gasteiger partial charge on any atom is 0.135 e. The summed E-state index contributed by atoms with van der Waals surface area (Å²) >= 11 is 7.42. The molecule has 0 bridgehead atoms. The molecule has 0 amide bonds.